The van der Waals surface area contributed by atoms with E-state index >= 15 is 0 Å². The van der Waals surface area contributed by atoms with Gasteiger partial charge in [0.05, 0.1) is 18.1 Å². The van der Waals surface area contributed by atoms with Gasteiger partial charge in [0.15, 0.2) is 0 Å². The fraction of sp³-hybridized carbons (Fsp3) is 0.929. The monoisotopic (exact) mass is 240 g/mol. The van der Waals surface area contributed by atoms with E-state index in [2.05, 4.69) is 6.92 Å². The lowest BCUT2D eigenvalue weighted by molar-refractivity contribution is -0.165. The first kappa shape index (κ1) is 12.9. The predicted octanol–water partition coefficient (Wildman–Crippen LogP) is 2.93. The average Bonchev–Trinajstić information content (AvgIpc) is 2.28. The van der Waals surface area contributed by atoms with Crippen molar-refractivity contribution in [2.45, 2.75) is 58.0 Å². The maximum atomic E-state index is 11.7. The van der Waals surface area contributed by atoms with Crippen LogP contribution in [0, 0.1) is 11.3 Å². The molecule has 17 heavy (non-hydrogen) atoms. The summed E-state index contributed by atoms with van der Waals surface area (Å²) in [5.41, 5.74) is 0.560. The van der Waals surface area contributed by atoms with Crippen molar-refractivity contribution in [1.29, 1.82) is 0 Å². The zero-order valence-corrected chi connectivity index (χ0v) is 11.3. The third kappa shape index (κ3) is 2.49. The minimum absolute atomic E-state index is 0.0103. The lowest BCUT2D eigenvalue weighted by Crippen LogP contribution is -2.52. The highest BCUT2D eigenvalue weighted by Crippen LogP contribution is 2.58. The number of esters is 1. The minimum Gasteiger partial charge on any atom is -0.466 e. The Labute approximate surface area is 104 Å². The lowest BCUT2D eigenvalue weighted by Gasteiger charge is -2.56. The molecule has 0 atom stereocenters. The van der Waals surface area contributed by atoms with Crippen molar-refractivity contribution in [3.8, 4) is 0 Å². The molecule has 2 aliphatic rings. The minimum atomic E-state index is 0.0103. The smallest absolute Gasteiger partial charge is 0.308 e. The molecular formula is C14H24O3. The van der Waals surface area contributed by atoms with E-state index in [0.717, 1.165) is 38.5 Å². The Bertz CT molecular complexity index is 282. The Hall–Kier alpha value is -0.570. The van der Waals surface area contributed by atoms with Crippen LogP contribution in [-0.4, -0.2) is 25.3 Å². The molecule has 0 amide bonds. The maximum Gasteiger partial charge on any atom is 0.308 e. The Balaban J connectivity index is 1.82. The largest absolute Gasteiger partial charge is 0.466 e. The maximum absolute atomic E-state index is 11.7. The van der Waals surface area contributed by atoms with E-state index in [0.29, 0.717) is 12.0 Å². The van der Waals surface area contributed by atoms with Gasteiger partial charge in [0.1, 0.15) is 0 Å². The zero-order valence-electron chi connectivity index (χ0n) is 11.3. The number of carbonyl (C=O) groups excluding carboxylic acids is 1. The number of hydrogen-bond acceptors (Lipinski definition) is 3. The summed E-state index contributed by atoms with van der Waals surface area (Å²) in [5.74, 6) is 0.158. The summed E-state index contributed by atoms with van der Waals surface area (Å²) in [6.45, 7) is 4.57. The first-order valence-electron chi connectivity index (χ1n) is 6.74. The van der Waals surface area contributed by atoms with Gasteiger partial charge in [-0.15, -0.1) is 0 Å². The van der Waals surface area contributed by atoms with Crippen molar-refractivity contribution in [2.24, 2.45) is 11.3 Å². The van der Waals surface area contributed by atoms with Crippen LogP contribution in [0.1, 0.15) is 52.4 Å². The van der Waals surface area contributed by atoms with Gasteiger partial charge in [0, 0.05) is 7.11 Å². The summed E-state index contributed by atoms with van der Waals surface area (Å²) in [4.78, 5) is 11.7. The van der Waals surface area contributed by atoms with Crippen molar-refractivity contribution >= 4 is 5.97 Å². The van der Waals surface area contributed by atoms with Crippen molar-refractivity contribution < 1.29 is 14.3 Å². The molecule has 0 bridgehead atoms. The molecule has 2 aliphatic carbocycles. The second-order valence-electron chi connectivity index (χ2n) is 6.03. The molecule has 3 nitrogen and oxygen atoms in total. The summed E-state index contributed by atoms with van der Waals surface area (Å²) in [6.07, 6.45) is 6.64. The Kier molecular flexibility index (Phi) is 3.48. The molecular weight excluding hydrogens is 216 g/mol. The summed E-state index contributed by atoms with van der Waals surface area (Å²) in [7, 11) is 1.80. The highest BCUT2D eigenvalue weighted by molar-refractivity contribution is 5.72. The van der Waals surface area contributed by atoms with Gasteiger partial charge in [-0.1, -0.05) is 0 Å². The number of ether oxygens (including phenoxy) is 2. The molecule has 1 spiro atoms. The normalized spacial score (nSPS) is 41.0. The molecule has 98 valence electrons. The van der Waals surface area contributed by atoms with E-state index in [1.165, 1.54) is 0 Å². The van der Waals surface area contributed by atoms with Gasteiger partial charge >= 0.3 is 5.97 Å². The summed E-state index contributed by atoms with van der Waals surface area (Å²) < 4.78 is 10.6. The van der Waals surface area contributed by atoms with Gasteiger partial charge in [-0.05, 0) is 57.8 Å². The number of carbonyl (C=O) groups is 1. The van der Waals surface area contributed by atoms with Crippen LogP contribution in [0.3, 0.4) is 0 Å². The van der Waals surface area contributed by atoms with E-state index < -0.39 is 0 Å². The molecule has 0 unspecified atom stereocenters. The molecule has 2 rings (SSSR count). The summed E-state index contributed by atoms with van der Waals surface area (Å²) in [5, 5.41) is 0. The fourth-order valence-electron chi connectivity index (χ4n) is 3.76. The topological polar surface area (TPSA) is 35.5 Å². The zero-order chi connectivity index (χ0) is 12.5. The molecule has 0 aliphatic heterocycles. The number of rotatable bonds is 3. The van der Waals surface area contributed by atoms with Crippen molar-refractivity contribution in [2.75, 3.05) is 13.7 Å². The van der Waals surface area contributed by atoms with E-state index in [-0.39, 0.29) is 17.5 Å². The van der Waals surface area contributed by atoms with Gasteiger partial charge in [-0.25, -0.2) is 0 Å². The van der Waals surface area contributed by atoms with Crippen LogP contribution in [0.2, 0.25) is 0 Å². The molecule has 0 saturated heterocycles. The van der Waals surface area contributed by atoms with Crippen molar-refractivity contribution in [1.82, 2.24) is 0 Å². The predicted molar refractivity (Wildman–Crippen MR) is 65.7 cm³/mol. The van der Waals surface area contributed by atoms with Crippen LogP contribution in [0.15, 0.2) is 0 Å². The second-order valence-corrected chi connectivity index (χ2v) is 6.03. The molecule has 0 aromatic heterocycles. The second kappa shape index (κ2) is 4.60. The number of hydrogen-bond donors (Lipinski definition) is 0. The van der Waals surface area contributed by atoms with Gasteiger partial charge in [0.25, 0.3) is 0 Å². The van der Waals surface area contributed by atoms with Crippen LogP contribution in [0.5, 0.6) is 0 Å². The van der Waals surface area contributed by atoms with Crippen molar-refractivity contribution in [3.63, 3.8) is 0 Å². The third-order valence-electron chi connectivity index (χ3n) is 4.66. The SMILES string of the molecule is CCOC(=O)C1CCC2(CC1)CC(C)(OC)C2. The Morgan fingerprint density at radius 2 is 1.88 bits per heavy atom. The summed E-state index contributed by atoms with van der Waals surface area (Å²) in [6, 6.07) is 0. The van der Waals surface area contributed by atoms with E-state index in [1.807, 2.05) is 6.92 Å². The highest BCUT2D eigenvalue weighted by atomic mass is 16.5. The number of methoxy groups -OCH3 is 1. The van der Waals surface area contributed by atoms with Gasteiger partial charge < -0.3 is 9.47 Å². The lowest BCUT2D eigenvalue weighted by atomic mass is 9.53. The van der Waals surface area contributed by atoms with Crippen LogP contribution in [0.4, 0.5) is 0 Å². The van der Waals surface area contributed by atoms with Crippen LogP contribution in [-0.2, 0) is 14.3 Å². The van der Waals surface area contributed by atoms with E-state index in [1.54, 1.807) is 7.11 Å². The highest BCUT2D eigenvalue weighted by Gasteiger charge is 2.53. The Morgan fingerprint density at radius 1 is 1.29 bits per heavy atom. The first-order chi connectivity index (χ1) is 8.02. The molecule has 0 radical (unpaired) electrons. The molecule has 3 heteroatoms. The quantitative estimate of drug-likeness (QED) is 0.711. The first-order valence-corrected chi connectivity index (χ1v) is 6.74. The molecule has 2 fully saturated rings. The molecule has 0 aromatic rings. The fourth-order valence-corrected chi connectivity index (χ4v) is 3.76. The van der Waals surface area contributed by atoms with E-state index in [4.69, 9.17) is 9.47 Å². The third-order valence-corrected chi connectivity index (χ3v) is 4.66. The molecule has 0 N–H and O–H groups in total. The summed E-state index contributed by atoms with van der Waals surface area (Å²) >= 11 is 0. The standard InChI is InChI=1S/C14H24O3/c1-4-17-12(15)11-5-7-14(8-6-11)9-13(2,10-14)16-3/h11H,4-10H2,1-3H3. The van der Waals surface area contributed by atoms with E-state index in [9.17, 15) is 4.79 Å². The van der Waals surface area contributed by atoms with Crippen molar-refractivity contribution in [3.05, 3.63) is 0 Å². The van der Waals surface area contributed by atoms with Gasteiger partial charge in [0.2, 0.25) is 0 Å². The van der Waals surface area contributed by atoms with Crippen LogP contribution < -0.4 is 0 Å². The van der Waals surface area contributed by atoms with Gasteiger partial charge in [-0.2, -0.15) is 0 Å². The molecule has 2 saturated carbocycles. The Morgan fingerprint density at radius 3 is 2.35 bits per heavy atom. The van der Waals surface area contributed by atoms with Crippen LogP contribution >= 0.6 is 0 Å². The average molecular weight is 240 g/mol. The van der Waals surface area contributed by atoms with Gasteiger partial charge in [-0.3, -0.25) is 4.79 Å². The molecule has 0 aromatic carbocycles. The van der Waals surface area contributed by atoms with Crippen LogP contribution in [0.25, 0.3) is 0 Å². The molecule has 0 heterocycles.